The number of nitrogens with zero attached hydrogens (tertiary/aromatic N) is 2. The molecule has 5 heteroatoms. The highest BCUT2D eigenvalue weighted by Gasteiger charge is 2.33. The highest BCUT2D eigenvalue weighted by Crippen LogP contribution is 2.36. The number of aromatic nitrogens is 1. The first kappa shape index (κ1) is 14.3. The second kappa shape index (κ2) is 5.12. The van der Waals surface area contributed by atoms with Crippen molar-refractivity contribution < 1.29 is 9.90 Å². The number of halogens is 1. The van der Waals surface area contributed by atoms with Gasteiger partial charge < -0.3 is 10.0 Å². The van der Waals surface area contributed by atoms with Crippen molar-refractivity contribution in [3.8, 4) is 0 Å². The van der Waals surface area contributed by atoms with Crippen LogP contribution in [0.2, 0.25) is 0 Å². The van der Waals surface area contributed by atoms with E-state index in [0.29, 0.717) is 16.2 Å². The Bertz CT molecular complexity index is 497. The van der Waals surface area contributed by atoms with E-state index in [-0.39, 0.29) is 11.0 Å². The number of carboxylic acid groups (broad SMARTS) is 1. The van der Waals surface area contributed by atoms with E-state index in [1.807, 2.05) is 0 Å². The van der Waals surface area contributed by atoms with Gasteiger partial charge in [0.25, 0.3) is 0 Å². The van der Waals surface area contributed by atoms with E-state index < -0.39 is 5.97 Å². The van der Waals surface area contributed by atoms with Crippen LogP contribution in [0.25, 0.3) is 0 Å². The van der Waals surface area contributed by atoms with Gasteiger partial charge in [-0.2, -0.15) is 0 Å². The summed E-state index contributed by atoms with van der Waals surface area (Å²) in [6.45, 7) is 8.44. The van der Waals surface area contributed by atoms with Gasteiger partial charge in [0.1, 0.15) is 11.4 Å². The summed E-state index contributed by atoms with van der Waals surface area (Å²) in [5.41, 5.74) is 0.511. The minimum Gasteiger partial charge on any atom is -0.478 e. The number of aromatic carboxylic acids is 1. The minimum atomic E-state index is -0.928. The fourth-order valence-corrected chi connectivity index (χ4v) is 2.83. The molecule has 2 heterocycles. The van der Waals surface area contributed by atoms with Gasteiger partial charge in [0.2, 0.25) is 0 Å². The van der Waals surface area contributed by atoms with Gasteiger partial charge >= 0.3 is 5.97 Å². The van der Waals surface area contributed by atoms with Gasteiger partial charge in [-0.05, 0) is 39.8 Å². The zero-order valence-electron chi connectivity index (χ0n) is 11.5. The molecule has 0 amide bonds. The second-order valence-corrected chi connectivity index (χ2v) is 7.04. The Morgan fingerprint density at radius 3 is 2.74 bits per heavy atom. The lowest BCUT2D eigenvalue weighted by Gasteiger charge is -2.27. The van der Waals surface area contributed by atoms with E-state index in [2.05, 4.69) is 46.6 Å². The maximum atomic E-state index is 11.3. The van der Waals surface area contributed by atoms with Crippen molar-refractivity contribution in [2.45, 2.75) is 27.2 Å². The second-order valence-electron chi connectivity index (χ2n) is 6.13. The fraction of sp³-hybridized carbons (Fsp3) is 0.571. The van der Waals surface area contributed by atoms with Gasteiger partial charge in [-0.15, -0.1) is 0 Å². The smallest absolute Gasteiger partial charge is 0.339 e. The molecule has 1 aromatic heterocycles. The van der Waals surface area contributed by atoms with Crippen LogP contribution in [0.5, 0.6) is 0 Å². The molecule has 1 fully saturated rings. The molecule has 0 aliphatic carbocycles. The molecule has 1 aromatic rings. The van der Waals surface area contributed by atoms with Gasteiger partial charge in [0.15, 0.2) is 0 Å². The van der Waals surface area contributed by atoms with Crippen LogP contribution >= 0.6 is 15.9 Å². The molecule has 0 saturated carbocycles. The monoisotopic (exact) mass is 326 g/mol. The predicted molar refractivity (Wildman–Crippen MR) is 78.7 cm³/mol. The van der Waals surface area contributed by atoms with Gasteiger partial charge in [-0.1, -0.05) is 20.8 Å². The lowest BCUT2D eigenvalue weighted by atomic mass is 9.80. The molecule has 1 unspecified atom stereocenters. The zero-order valence-corrected chi connectivity index (χ0v) is 13.1. The van der Waals surface area contributed by atoms with Crippen molar-refractivity contribution in [1.29, 1.82) is 0 Å². The van der Waals surface area contributed by atoms with Gasteiger partial charge in [-0.3, -0.25) is 0 Å². The molecule has 0 aromatic carbocycles. The summed E-state index contributed by atoms with van der Waals surface area (Å²) in [6.07, 6.45) is 2.74. The Hall–Kier alpha value is -1.10. The van der Waals surface area contributed by atoms with Gasteiger partial charge in [0, 0.05) is 23.8 Å². The van der Waals surface area contributed by atoms with Gasteiger partial charge in [-0.25, -0.2) is 9.78 Å². The Morgan fingerprint density at radius 2 is 2.21 bits per heavy atom. The topological polar surface area (TPSA) is 53.4 Å². The predicted octanol–water partition coefficient (Wildman–Crippen LogP) is 3.41. The summed E-state index contributed by atoms with van der Waals surface area (Å²) in [7, 11) is 0. The van der Waals surface area contributed by atoms with Crippen LogP contribution in [-0.4, -0.2) is 29.1 Å². The third-order valence-corrected chi connectivity index (χ3v) is 4.21. The number of hydrogen-bond acceptors (Lipinski definition) is 3. The average molecular weight is 327 g/mol. The molecule has 0 spiro atoms. The van der Waals surface area contributed by atoms with Crippen molar-refractivity contribution in [3.63, 3.8) is 0 Å². The zero-order chi connectivity index (χ0) is 14.2. The van der Waals surface area contributed by atoms with E-state index >= 15 is 0 Å². The summed E-state index contributed by atoms with van der Waals surface area (Å²) >= 11 is 3.27. The number of rotatable bonds is 2. The van der Waals surface area contributed by atoms with Crippen LogP contribution in [0.15, 0.2) is 16.7 Å². The van der Waals surface area contributed by atoms with Crippen molar-refractivity contribution in [3.05, 3.63) is 22.3 Å². The Balaban J connectivity index is 2.27. The summed E-state index contributed by atoms with van der Waals surface area (Å²) in [4.78, 5) is 17.7. The van der Waals surface area contributed by atoms with Crippen molar-refractivity contribution in [2.24, 2.45) is 11.3 Å². The largest absolute Gasteiger partial charge is 0.478 e. The molecule has 1 saturated heterocycles. The van der Waals surface area contributed by atoms with Crippen molar-refractivity contribution in [2.75, 3.05) is 18.0 Å². The number of anilines is 1. The molecule has 19 heavy (non-hydrogen) atoms. The highest BCUT2D eigenvalue weighted by molar-refractivity contribution is 9.10. The van der Waals surface area contributed by atoms with Crippen LogP contribution in [-0.2, 0) is 0 Å². The number of carboxylic acids is 1. The Morgan fingerprint density at radius 1 is 1.53 bits per heavy atom. The lowest BCUT2D eigenvalue weighted by molar-refractivity contribution is 0.0697. The van der Waals surface area contributed by atoms with E-state index in [9.17, 15) is 9.90 Å². The summed E-state index contributed by atoms with van der Waals surface area (Å²) in [5.74, 6) is 0.227. The van der Waals surface area contributed by atoms with Crippen LogP contribution in [0, 0.1) is 11.3 Å². The lowest BCUT2D eigenvalue weighted by Crippen LogP contribution is -2.27. The molecule has 0 radical (unpaired) electrons. The number of carbonyl (C=O) groups is 1. The van der Waals surface area contributed by atoms with Crippen LogP contribution in [0.4, 0.5) is 5.82 Å². The molecule has 2 rings (SSSR count). The molecule has 1 N–H and O–H groups in total. The molecule has 1 aliphatic rings. The number of pyridine rings is 1. The van der Waals surface area contributed by atoms with E-state index in [1.54, 1.807) is 12.3 Å². The third-order valence-electron chi connectivity index (χ3n) is 3.78. The standard InChI is InChI=1S/C14H19BrN2O2/c1-14(2,3)9-4-5-17(8-9)12-11(13(18)19)6-10(15)7-16-12/h6-7,9H,4-5,8H2,1-3H3,(H,18,19). The van der Waals surface area contributed by atoms with Gasteiger partial charge in [0.05, 0.1) is 0 Å². The van der Waals surface area contributed by atoms with E-state index in [1.165, 1.54) is 0 Å². The quantitative estimate of drug-likeness (QED) is 0.904. The molecule has 104 valence electrons. The molecule has 1 atom stereocenters. The summed E-state index contributed by atoms with van der Waals surface area (Å²) < 4.78 is 0.695. The Kier molecular flexibility index (Phi) is 3.85. The summed E-state index contributed by atoms with van der Waals surface area (Å²) in [6, 6.07) is 1.62. The van der Waals surface area contributed by atoms with Crippen molar-refractivity contribution in [1.82, 2.24) is 4.98 Å². The SMILES string of the molecule is CC(C)(C)C1CCN(c2ncc(Br)cc2C(=O)O)C1. The molecular formula is C14H19BrN2O2. The van der Waals surface area contributed by atoms with Crippen molar-refractivity contribution >= 4 is 27.7 Å². The maximum Gasteiger partial charge on any atom is 0.339 e. The van der Waals surface area contributed by atoms with Crippen LogP contribution in [0.3, 0.4) is 0 Å². The van der Waals surface area contributed by atoms with Crippen LogP contribution < -0.4 is 4.90 Å². The maximum absolute atomic E-state index is 11.3. The highest BCUT2D eigenvalue weighted by atomic mass is 79.9. The normalized spacial score (nSPS) is 19.8. The Labute approximate surface area is 122 Å². The molecular weight excluding hydrogens is 308 g/mol. The van der Waals surface area contributed by atoms with E-state index in [4.69, 9.17) is 0 Å². The summed E-state index contributed by atoms with van der Waals surface area (Å²) in [5, 5.41) is 9.29. The van der Waals surface area contributed by atoms with Crippen LogP contribution in [0.1, 0.15) is 37.6 Å². The fourth-order valence-electron chi connectivity index (χ4n) is 2.50. The average Bonchev–Trinajstić information content (AvgIpc) is 2.77. The molecule has 4 nitrogen and oxygen atoms in total. The first-order valence-electron chi connectivity index (χ1n) is 6.43. The third kappa shape index (κ3) is 3.08. The molecule has 1 aliphatic heterocycles. The first-order valence-corrected chi connectivity index (χ1v) is 7.22. The van der Waals surface area contributed by atoms with E-state index in [0.717, 1.165) is 19.5 Å². The number of hydrogen-bond donors (Lipinski definition) is 1. The molecule has 0 bridgehead atoms. The minimum absolute atomic E-state index is 0.244. The first-order chi connectivity index (χ1) is 8.79.